The Kier molecular flexibility index (Phi) is 8.39. The molecule has 0 spiro atoms. The summed E-state index contributed by atoms with van der Waals surface area (Å²) in [7, 11) is -3.90. The summed E-state index contributed by atoms with van der Waals surface area (Å²) in [6.45, 7) is 3.05. The van der Waals surface area contributed by atoms with Gasteiger partial charge in [0, 0.05) is 5.69 Å². The van der Waals surface area contributed by atoms with Gasteiger partial charge in [0.05, 0.1) is 4.90 Å². The van der Waals surface area contributed by atoms with Crippen LogP contribution in [0.25, 0.3) is 0 Å². The Hall–Kier alpha value is -3.69. The summed E-state index contributed by atoms with van der Waals surface area (Å²) in [5.41, 5.74) is 2.45. The van der Waals surface area contributed by atoms with Crippen molar-refractivity contribution in [3.05, 3.63) is 90.0 Å². The lowest BCUT2D eigenvalue weighted by atomic mass is 10.2. The number of hydrogen-bond acceptors (Lipinski definition) is 6. The average Bonchev–Trinajstić information content (AvgIpc) is 2.82. The molecule has 0 aliphatic carbocycles. The van der Waals surface area contributed by atoms with Crippen molar-refractivity contribution in [3.63, 3.8) is 0 Å². The molecule has 0 saturated carbocycles. The smallest absolute Gasteiger partial charge is 0.324 e. The minimum atomic E-state index is -3.90. The first-order valence-electron chi connectivity index (χ1n) is 10.6. The largest absolute Gasteiger partial charge is 0.489 e. The topological polar surface area (TPSA) is 111 Å². The van der Waals surface area contributed by atoms with Gasteiger partial charge in [-0.1, -0.05) is 48.0 Å². The minimum absolute atomic E-state index is 0.0340. The van der Waals surface area contributed by atoms with Crippen LogP contribution in [0.1, 0.15) is 18.1 Å². The van der Waals surface area contributed by atoms with Crippen LogP contribution in [0.4, 0.5) is 5.69 Å². The number of anilines is 1. The third-order valence-corrected chi connectivity index (χ3v) is 6.31. The second-order valence-corrected chi connectivity index (χ2v) is 9.32. The fraction of sp³-hybridized carbons (Fsp3) is 0.200. The quantitative estimate of drug-likeness (QED) is 0.429. The Morgan fingerprint density at radius 1 is 0.912 bits per heavy atom. The molecular formula is C25H26N2O6S. The van der Waals surface area contributed by atoms with E-state index in [9.17, 15) is 18.0 Å². The summed E-state index contributed by atoms with van der Waals surface area (Å²) in [6, 6.07) is 21.5. The van der Waals surface area contributed by atoms with Crippen LogP contribution in [-0.2, 0) is 31.0 Å². The third-order valence-electron chi connectivity index (χ3n) is 4.75. The second kappa shape index (κ2) is 11.4. The molecule has 9 heteroatoms. The van der Waals surface area contributed by atoms with E-state index in [2.05, 4.69) is 10.0 Å². The van der Waals surface area contributed by atoms with E-state index in [1.807, 2.05) is 37.3 Å². The molecule has 8 nitrogen and oxygen atoms in total. The first kappa shape index (κ1) is 24.9. The van der Waals surface area contributed by atoms with Crippen LogP contribution < -0.4 is 14.8 Å². The predicted octanol–water partition coefficient (Wildman–Crippen LogP) is 3.42. The minimum Gasteiger partial charge on any atom is -0.489 e. The van der Waals surface area contributed by atoms with Crippen LogP contribution in [-0.4, -0.2) is 32.9 Å². The van der Waals surface area contributed by atoms with Crippen LogP contribution in [0, 0.1) is 6.92 Å². The molecule has 1 atom stereocenters. The molecule has 0 bridgehead atoms. The highest BCUT2D eigenvalue weighted by atomic mass is 32.2. The number of benzene rings is 3. The van der Waals surface area contributed by atoms with Gasteiger partial charge < -0.3 is 14.8 Å². The van der Waals surface area contributed by atoms with Gasteiger partial charge in [-0.3, -0.25) is 9.59 Å². The van der Waals surface area contributed by atoms with E-state index in [1.165, 1.54) is 19.1 Å². The zero-order chi connectivity index (χ0) is 24.6. The van der Waals surface area contributed by atoms with Gasteiger partial charge >= 0.3 is 5.97 Å². The molecule has 34 heavy (non-hydrogen) atoms. The molecule has 178 valence electrons. The number of hydrogen-bond donors (Lipinski definition) is 2. The molecule has 0 aromatic heterocycles. The zero-order valence-corrected chi connectivity index (χ0v) is 19.7. The van der Waals surface area contributed by atoms with Crippen molar-refractivity contribution in [2.75, 3.05) is 11.9 Å². The van der Waals surface area contributed by atoms with E-state index in [1.54, 1.807) is 36.4 Å². The van der Waals surface area contributed by atoms with Crippen LogP contribution in [0.2, 0.25) is 0 Å². The SMILES string of the molecule is Cc1ccc(S(=O)(=O)N[C@H](C)C(=O)OCC(=O)Nc2ccc(OCc3ccccc3)cc2)cc1. The monoisotopic (exact) mass is 482 g/mol. The van der Waals surface area contributed by atoms with Crippen LogP contribution in [0.5, 0.6) is 5.75 Å². The lowest BCUT2D eigenvalue weighted by molar-refractivity contribution is -0.148. The van der Waals surface area contributed by atoms with E-state index < -0.39 is 34.5 Å². The third kappa shape index (κ3) is 7.43. The summed E-state index contributed by atoms with van der Waals surface area (Å²) in [5, 5.41) is 2.61. The van der Waals surface area contributed by atoms with E-state index in [4.69, 9.17) is 9.47 Å². The number of ether oxygens (including phenoxy) is 2. The molecule has 1 amide bonds. The van der Waals surface area contributed by atoms with Crippen molar-refractivity contribution >= 4 is 27.6 Å². The molecule has 0 fully saturated rings. The van der Waals surface area contributed by atoms with Crippen molar-refractivity contribution in [2.24, 2.45) is 0 Å². The van der Waals surface area contributed by atoms with E-state index in [0.29, 0.717) is 18.0 Å². The zero-order valence-electron chi connectivity index (χ0n) is 18.9. The molecule has 0 heterocycles. The number of carbonyl (C=O) groups is 2. The molecule has 3 rings (SSSR count). The fourth-order valence-corrected chi connectivity index (χ4v) is 4.09. The molecule has 0 unspecified atom stereocenters. The molecule has 3 aromatic carbocycles. The number of amides is 1. The molecule has 0 aliphatic rings. The predicted molar refractivity (Wildman–Crippen MR) is 128 cm³/mol. The standard InChI is InChI=1S/C25H26N2O6S/c1-18-8-14-23(15-9-18)34(30,31)27-19(2)25(29)33-17-24(28)26-21-10-12-22(13-11-21)32-16-20-6-4-3-5-7-20/h3-15,19,27H,16-17H2,1-2H3,(H,26,28)/t19-/m1/s1. The van der Waals surface area contributed by atoms with Gasteiger partial charge in [0.1, 0.15) is 18.4 Å². The highest BCUT2D eigenvalue weighted by molar-refractivity contribution is 7.89. The Labute approximate surface area is 199 Å². The molecular weight excluding hydrogens is 456 g/mol. The molecule has 2 N–H and O–H groups in total. The maximum Gasteiger partial charge on any atom is 0.324 e. The molecule has 0 radical (unpaired) electrons. The van der Waals surface area contributed by atoms with Crippen LogP contribution in [0.15, 0.2) is 83.8 Å². The Balaban J connectivity index is 1.43. The van der Waals surface area contributed by atoms with Crippen LogP contribution >= 0.6 is 0 Å². The molecule has 0 saturated heterocycles. The van der Waals surface area contributed by atoms with Gasteiger partial charge in [0.15, 0.2) is 6.61 Å². The second-order valence-electron chi connectivity index (χ2n) is 7.61. The first-order valence-corrected chi connectivity index (χ1v) is 12.0. The highest BCUT2D eigenvalue weighted by Crippen LogP contribution is 2.17. The number of esters is 1. The summed E-state index contributed by atoms with van der Waals surface area (Å²) in [5.74, 6) is -0.779. The summed E-state index contributed by atoms with van der Waals surface area (Å²) in [4.78, 5) is 24.3. The van der Waals surface area contributed by atoms with Gasteiger partial charge in [-0.15, -0.1) is 0 Å². The van der Waals surface area contributed by atoms with Crippen LogP contribution in [0.3, 0.4) is 0 Å². The summed E-state index contributed by atoms with van der Waals surface area (Å²) < 4.78 is 37.7. The summed E-state index contributed by atoms with van der Waals surface area (Å²) >= 11 is 0. The first-order chi connectivity index (χ1) is 16.2. The van der Waals surface area contributed by atoms with Crippen molar-refractivity contribution < 1.29 is 27.5 Å². The lowest BCUT2D eigenvalue weighted by Gasteiger charge is -2.14. The van der Waals surface area contributed by atoms with E-state index >= 15 is 0 Å². The number of rotatable bonds is 10. The van der Waals surface area contributed by atoms with Gasteiger partial charge in [0.25, 0.3) is 5.91 Å². The lowest BCUT2D eigenvalue weighted by Crippen LogP contribution is -2.40. The normalized spacial score (nSPS) is 11.9. The average molecular weight is 483 g/mol. The van der Waals surface area contributed by atoms with Crippen molar-refractivity contribution in [1.82, 2.24) is 4.72 Å². The molecule has 3 aromatic rings. The Morgan fingerprint density at radius 2 is 1.56 bits per heavy atom. The van der Waals surface area contributed by atoms with Crippen molar-refractivity contribution in [3.8, 4) is 5.75 Å². The number of sulfonamides is 1. The Morgan fingerprint density at radius 3 is 2.21 bits per heavy atom. The Bertz CT molecular complexity index is 1210. The number of aryl methyl sites for hydroxylation is 1. The summed E-state index contributed by atoms with van der Waals surface area (Å²) in [6.07, 6.45) is 0. The van der Waals surface area contributed by atoms with E-state index in [0.717, 1.165) is 11.1 Å². The molecule has 0 aliphatic heterocycles. The number of nitrogens with one attached hydrogen (secondary N) is 2. The van der Waals surface area contributed by atoms with Gasteiger partial charge in [-0.25, -0.2) is 8.42 Å². The number of carbonyl (C=O) groups excluding carboxylic acids is 2. The van der Waals surface area contributed by atoms with Crippen molar-refractivity contribution in [2.45, 2.75) is 31.4 Å². The van der Waals surface area contributed by atoms with Gasteiger partial charge in [-0.2, -0.15) is 4.72 Å². The fourth-order valence-electron chi connectivity index (χ4n) is 2.90. The van der Waals surface area contributed by atoms with E-state index in [-0.39, 0.29) is 4.90 Å². The van der Waals surface area contributed by atoms with Gasteiger partial charge in [0.2, 0.25) is 10.0 Å². The van der Waals surface area contributed by atoms with Gasteiger partial charge in [-0.05, 0) is 55.8 Å². The maximum absolute atomic E-state index is 12.4. The maximum atomic E-state index is 12.4. The highest BCUT2D eigenvalue weighted by Gasteiger charge is 2.23. The van der Waals surface area contributed by atoms with Crippen molar-refractivity contribution in [1.29, 1.82) is 0 Å².